The third kappa shape index (κ3) is 4.63. The van der Waals surface area contributed by atoms with Gasteiger partial charge in [0.25, 0.3) is 5.91 Å². The average molecular weight is 350 g/mol. The van der Waals surface area contributed by atoms with Gasteiger partial charge in [-0.25, -0.2) is 9.37 Å². The normalized spacial score (nSPS) is 10.4. The van der Waals surface area contributed by atoms with Crippen molar-refractivity contribution in [2.24, 2.45) is 0 Å². The predicted octanol–water partition coefficient (Wildman–Crippen LogP) is 3.55. The van der Waals surface area contributed by atoms with E-state index in [4.69, 9.17) is 0 Å². The van der Waals surface area contributed by atoms with E-state index in [-0.39, 0.29) is 11.5 Å². The monoisotopic (exact) mass is 350 g/mol. The van der Waals surface area contributed by atoms with Gasteiger partial charge in [-0.3, -0.25) is 9.78 Å². The third-order valence-corrected chi connectivity index (χ3v) is 3.97. The Bertz CT molecular complexity index is 868. The first-order chi connectivity index (χ1) is 12.6. The fraction of sp³-hybridized carbons (Fsp3) is 0.150. The van der Waals surface area contributed by atoms with Crippen LogP contribution in [0.4, 0.5) is 15.9 Å². The number of rotatable bonds is 6. The Morgan fingerprint density at radius 1 is 1.15 bits per heavy atom. The van der Waals surface area contributed by atoms with Crippen molar-refractivity contribution in [3.05, 3.63) is 84.1 Å². The predicted molar refractivity (Wildman–Crippen MR) is 99.8 cm³/mol. The largest absolute Gasteiger partial charge is 0.359 e. The standard InChI is InChI=1S/C20H19FN4O/c1-25(12-9-15-7-10-22-11-8-15)19-6-5-18(14-23-19)24-20(26)16-3-2-4-17(21)13-16/h2-8,10-11,13-14H,9,12H2,1H3,(H,24,26). The smallest absolute Gasteiger partial charge is 0.255 e. The number of carbonyl (C=O) groups excluding carboxylic acids is 1. The molecule has 0 fully saturated rings. The minimum absolute atomic E-state index is 0.267. The van der Waals surface area contributed by atoms with Gasteiger partial charge in [0, 0.05) is 31.5 Å². The Morgan fingerprint density at radius 3 is 2.65 bits per heavy atom. The summed E-state index contributed by atoms with van der Waals surface area (Å²) >= 11 is 0. The lowest BCUT2D eigenvalue weighted by atomic mass is 10.2. The van der Waals surface area contributed by atoms with Crippen LogP contribution in [0.15, 0.2) is 67.1 Å². The number of carbonyl (C=O) groups is 1. The van der Waals surface area contributed by atoms with Crippen molar-refractivity contribution in [3.8, 4) is 0 Å². The quantitative estimate of drug-likeness (QED) is 0.739. The fourth-order valence-corrected chi connectivity index (χ4v) is 2.48. The van der Waals surface area contributed by atoms with Gasteiger partial charge in [-0.15, -0.1) is 0 Å². The highest BCUT2D eigenvalue weighted by atomic mass is 19.1. The average Bonchev–Trinajstić information content (AvgIpc) is 2.67. The van der Waals surface area contributed by atoms with Crippen molar-refractivity contribution in [2.45, 2.75) is 6.42 Å². The molecule has 0 unspecified atom stereocenters. The first-order valence-electron chi connectivity index (χ1n) is 8.25. The SMILES string of the molecule is CN(CCc1ccncc1)c1ccc(NC(=O)c2cccc(F)c2)cn1. The minimum atomic E-state index is -0.443. The van der Waals surface area contributed by atoms with Crippen molar-refractivity contribution >= 4 is 17.4 Å². The van der Waals surface area contributed by atoms with E-state index in [1.807, 2.05) is 30.1 Å². The molecule has 0 spiro atoms. The Kier molecular flexibility index (Phi) is 5.53. The number of halogens is 1. The fourth-order valence-electron chi connectivity index (χ4n) is 2.48. The molecule has 0 radical (unpaired) electrons. The molecule has 0 atom stereocenters. The van der Waals surface area contributed by atoms with Gasteiger partial charge in [0.15, 0.2) is 0 Å². The number of amides is 1. The lowest BCUT2D eigenvalue weighted by Gasteiger charge is -2.18. The summed E-state index contributed by atoms with van der Waals surface area (Å²) in [6.45, 7) is 0.812. The summed E-state index contributed by atoms with van der Waals surface area (Å²) in [6.07, 6.45) is 6.04. The molecule has 0 saturated carbocycles. The molecule has 2 aromatic heterocycles. The zero-order valence-electron chi connectivity index (χ0n) is 14.4. The maximum atomic E-state index is 13.2. The van der Waals surface area contributed by atoms with E-state index in [1.165, 1.54) is 23.8 Å². The van der Waals surface area contributed by atoms with E-state index in [0.717, 1.165) is 18.8 Å². The second-order valence-electron chi connectivity index (χ2n) is 5.90. The molecule has 3 aromatic rings. The molecular formula is C20H19FN4O. The number of hydrogen-bond donors (Lipinski definition) is 1. The summed E-state index contributed by atoms with van der Waals surface area (Å²) < 4.78 is 13.2. The molecule has 132 valence electrons. The summed E-state index contributed by atoms with van der Waals surface area (Å²) in [7, 11) is 1.97. The number of nitrogens with one attached hydrogen (secondary N) is 1. The summed E-state index contributed by atoms with van der Waals surface area (Å²) in [6, 6.07) is 13.2. The van der Waals surface area contributed by atoms with E-state index >= 15 is 0 Å². The van der Waals surface area contributed by atoms with Crippen LogP contribution in [0.1, 0.15) is 15.9 Å². The zero-order valence-corrected chi connectivity index (χ0v) is 14.4. The highest BCUT2D eigenvalue weighted by Crippen LogP contribution is 2.15. The van der Waals surface area contributed by atoms with Crippen LogP contribution in [0, 0.1) is 5.82 Å². The molecule has 0 aliphatic carbocycles. The summed E-state index contributed by atoms with van der Waals surface area (Å²) in [5.41, 5.74) is 2.04. The van der Waals surface area contributed by atoms with E-state index in [9.17, 15) is 9.18 Å². The van der Waals surface area contributed by atoms with Crippen LogP contribution in [0.3, 0.4) is 0 Å². The highest BCUT2D eigenvalue weighted by molar-refractivity contribution is 6.04. The van der Waals surface area contributed by atoms with Gasteiger partial charge < -0.3 is 10.2 Å². The lowest BCUT2D eigenvalue weighted by Crippen LogP contribution is -2.21. The first-order valence-corrected chi connectivity index (χ1v) is 8.25. The Labute approximate surface area is 151 Å². The van der Waals surface area contributed by atoms with Gasteiger partial charge in [0.2, 0.25) is 0 Å². The topological polar surface area (TPSA) is 58.1 Å². The molecule has 0 aliphatic rings. The lowest BCUT2D eigenvalue weighted by molar-refractivity contribution is 0.102. The number of pyridine rings is 2. The summed E-state index contributed by atoms with van der Waals surface area (Å²) in [5, 5.41) is 2.72. The maximum absolute atomic E-state index is 13.2. The summed E-state index contributed by atoms with van der Waals surface area (Å²) in [5.74, 6) is -0.00477. The second kappa shape index (κ2) is 8.20. The molecule has 26 heavy (non-hydrogen) atoms. The van der Waals surface area contributed by atoms with E-state index in [2.05, 4.69) is 15.3 Å². The van der Waals surface area contributed by atoms with Crippen molar-refractivity contribution in [1.29, 1.82) is 0 Å². The molecule has 6 heteroatoms. The Morgan fingerprint density at radius 2 is 1.96 bits per heavy atom. The van der Waals surface area contributed by atoms with Crippen LogP contribution in [-0.4, -0.2) is 29.5 Å². The molecule has 5 nitrogen and oxygen atoms in total. The van der Waals surface area contributed by atoms with Crippen LogP contribution in [0.25, 0.3) is 0 Å². The van der Waals surface area contributed by atoms with Crippen molar-refractivity contribution < 1.29 is 9.18 Å². The van der Waals surface area contributed by atoms with Crippen LogP contribution in [0.2, 0.25) is 0 Å². The molecule has 1 amide bonds. The van der Waals surface area contributed by atoms with Crippen molar-refractivity contribution in [1.82, 2.24) is 9.97 Å². The van der Waals surface area contributed by atoms with Gasteiger partial charge in [-0.05, 0) is 54.4 Å². The Hall–Kier alpha value is -3.28. The van der Waals surface area contributed by atoms with Crippen LogP contribution < -0.4 is 10.2 Å². The van der Waals surface area contributed by atoms with Gasteiger partial charge >= 0.3 is 0 Å². The first kappa shape index (κ1) is 17.5. The molecule has 1 aromatic carbocycles. The minimum Gasteiger partial charge on any atom is -0.359 e. The van der Waals surface area contributed by atoms with E-state index in [1.54, 1.807) is 30.7 Å². The molecule has 3 rings (SSSR count). The zero-order chi connectivity index (χ0) is 18.4. The number of likely N-dealkylation sites (N-methyl/N-ethyl adjacent to an activating group) is 1. The van der Waals surface area contributed by atoms with Crippen LogP contribution >= 0.6 is 0 Å². The number of aromatic nitrogens is 2. The van der Waals surface area contributed by atoms with Gasteiger partial charge in [0.1, 0.15) is 11.6 Å². The Balaban J connectivity index is 1.58. The number of nitrogens with zero attached hydrogens (tertiary/aromatic N) is 3. The van der Waals surface area contributed by atoms with Crippen LogP contribution in [0.5, 0.6) is 0 Å². The van der Waals surface area contributed by atoms with E-state index < -0.39 is 5.82 Å². The van der Waals surface area contributed by atoms with Crippen LogP contribution in [-0.2, 0) is 6.42 Å². The van der Waals surface area contributed by atoms with Gasteiger partial charge in [0.05, 0.1) is 11.9 Å². The van der Waals surface area contributed by atoms with Crippen molar-refractivity contribution in [3.63, 3.8) is 0 Å². The molecule has 1 N–H and O–H groups in total. The third-order valence-electron chi connectivity index (χ3n) is 3.97. The molecular weight excluding hydrogens is 331 g/mol. The molecule has 2 heterocycles. The molecule has 0 bridgehead atoms. The van der Waals surface area contributed by atoms with Crippen molar-refractivity contribution in [2.75, 3.05) is 23.8 Å². The number of benzene rings is 1. The maximum Gasteiger partial charge on any atom is 0.255 e. The van der Waals surface area contributed by atoms with Gasteiger partial charge in [-0.1, -0.05) is 6.07 Å². The van der Waals surface area contributed by atoms with Gasteiger partial charge in [-0.2, -0.15) is 0 Å². The molecule has 0 saturated heterocycles. The van der Waals surface area contributed by atoms with E-state index in [0.29, 0.717) is 5.69 Å². The second-order valence-corrected chi connectivity index (χ2v) is 5.90. The number of hydrogen-bond acceptors (Lipinski definition) is 4. The number of anilines is 2. The molecule has 0 aliphatic heterocycles. The highest BCUT2D eigenvalue weighted by Gasteiger charge is 2.08. The summed E-state index contributed by atoms with van der Waals surface area (Å²) in [4.78, 5) is 22.6.